The van der Waals surface area contributed by atoms with Crippen molar-refractivity contribution in [1.29, 1.82) is 0 Å². The second-order valence-corrected chi connectivity index (χ2v) is 10.7. The van der Waals surface area contributed by atoms with Gasteiger partial charge in [0.1, 0.15) is 5.75 Å². The third-order valence-corrected chi connectivity index (χ3v) is 7.28. The van der Waals surface area contributed by atoms with Gasteiger partial charge in [-0.3, -0.25) is 9.59 Å². The van der Waals surface area contributed by atoms with Crippen LogP contribution in [0.15, 0.2) is 18.2 Å². The van der Waals surface area contributed by atoms with Crippen molar-refractivity contribution >= 4 is 11.9 Å². The summed E-state index contributed by atoms with van der Waals surface area (Å²) in [6.45, 7) is 6.71. The van der Waals surface area contributed by atoms with E-state index < -0.39 is 5.92 Å². The van der Waals surface area contributed by atoms with Gasteiger partial charge >= 0.3 is 11.9 Å². The Bertz CT molecular complexity index is 721. The van der Waals surface area contributed by atoms with Crippen LogP contribution in [0.25, 0.3) is 0 Å². The Morgan fingerprint density at radius 1 is 0.686 bits per heavy atom. The number of carbonyl (C=O) groups excluding carboxylic acids is 2. The third kappa shape index (κ3) is 12.1. The monoisotopic (exact) mass is 486 g/mol. The molecule has 0 N–H and O–H groups in total. The molecule has 0 radical (unpaired) electrons. The number of ether oxygens (including phenoxy) is 2. The van der Waals surface area contributed by atoms with E-state index in [0.717, 1.165) is 36.8 Å². The van der Waals surface area contributed by atoms with Gasteiger partial charge in [-0.2, -0.15) is 0 Å². The molecular weight excluding hydrogens is 436 g/mol. The number of unbranched alkanes of at least 4 members (excludes halogenated alkanes) is 12. The molecule has 0 aliphatic heterocycles. The van der Waals surface area contributed by atoms with E-state index in [1.165, 1.54) is 70.6 Å². The standard InChI is InChI=1S/C31H50O4/c1-4-5-6-7-8-9-10-11-12-13-14-15-18-21-34-30(32)28-19-16-17-20-29(28)31(33)35-27-23-25(2)22-26(3)24-27/h22-24,28-29H,4-21H2,1-3H3. The smallest absolute Gasteiger partial charge is 0.315 e. The van der Waals surface area contributed by atoms with Gasteiger partial charge in [-0.15, -0.1) is 0 Å². The lowest BCUT2D eigenvalue weighted by molar-refractivity contribution is -0.158. The molecule has 1 aromatic carbocycles. The van der Waals surface area contributed by atoms with Crippen molar-refractivity contribution < 1.29 is 19.1 Å². The molecule has 4 nitrogen and oxygen atoms in total. The van der Waals surface area contributed by atoms with E-state index in [0.29, 0.717) is 25.2 Å². The van der Waals surface area contributed by atoms with Crippen LogP contribution in [-0.2, 0) is 14.3 Å². The lowest BCUT2D eigenvalue weighted by Crippen LogP contribution is -2.36. The number of benzene rings is 1. The molecule has 0 saturated heterocycles. The van der Waals surface area contributed by atoms with Crippen LogP contribution in [-0.4, -0.2) is 18.5 Å². The fraction of sp³-hybridized carbons (Fsp3) is 0.742. The molecule has 4 heteroatoms. The summed E-state index contributed by atoms with van der Waals surface area (Å²) in [6, 6.07) is 5.79. The second-order valence-electron chi connectivity index (χ2n) is 10.7. The minimum atomic E-state index is -0.399. The normalized spacial score (nSPS) is 17.8. The van der Waals surface area contributed by atoms with E-state index in [1.54, 1.807) is 0 Å². The van der Waals surface area contributed by atoms with Gasteiger partial charge in [0.25, 0.3) is 0 Å². The third-order valence-electron chi connectivity index (χ3n) is 7.28. The Balaban J connectivity index is 1.58. The molecule has 0 heterocycles. The van der Waals surface area contributed by atoms with Crippen LogP contribution in [0.3, 0.4) is 0 Å². The molecule has 0 amide bonds. The fourth-order valence-corrected chi connectivity index (χ4v) is 5.28. The molecule has 0 spiro atoms. The summed E-state index contributed by atoms with van der Waals surface area (Å²) in [6.07, 6.45) is 20.2. The van der Waals surface area contributed by atoms with Gasteiger partial charge in [0.2, 0.25) is 0 Å². The first kappa shape index (κ1) is 29.4. The van der Waals surface area contributed by atoms with E-state index >= 15 is 0 Å². The van der Waals surface area contributed by atoms with Crippen molar-refractivity contribution in [2.75, 3.05) is 6.61 Å². The van der Waals surface area contributed by atoms with E-state index in [4.69, 9.17) is 9.47 Å². The van der Waals surface area contributed by atoms with Gasteiger partial charge in [-0.05, 0) is 56.4 Å². The highest BCUT2D eigenvalue weighted by Gasteiger charge is 2.38. The summed E-state index contributed by atoms with van der Waals surface area (Å²) in [5, 5.41) is 0. The molecule has 35 heavy (non-hydrogen) atoms. The molecule has 1 aromatic rings. The van der Waals surface area contributed by atoms with E-state index in [-0.39, 0.29) is 17.9 Å². The molecule has 2 unspecified atom stereocenters. The maximum atomic E-state index is 12.9. The topological polar surface area (TPSA) is 52.6 Å². The molecule has 1 fully saturated rings. The lowest BCUT2D eigenvalue weighted by atomic mass is 9.79. The molecule has 2 rings (SSSR count). The summed E-state index contributed by atoms with van der Waals surface area (Å²) >= 11 is 0. The maximum Gasteiger partial charge on any atom is 0.315 e. The lowest BCUT2D eigenvalue weighted by Gasteiger charge is -2.28. The van der Waals surface area contributed by atoms with Crippen molar-refractivity contribution in [2.24, 2.45) is 11.8 Å². The predicted molar refractivity (Wildman–Crippen MR) is 144 cm³/mol. The van der Waals surface area contributed by atoms with Crippen LogP contribution in [0.5, 0.6) is 5.75 Å². The molecule has 0 aromatic heterocycles. The highest BCUT2D eigenvalue weighted by atomic mass is 16.5. The molecule has 2 atom stereocenters. The summed E-state index contributed by atoms with van der Waals surface area (Å²) < 4.78 is 11.3. The van der Waals surface area contributed by atoms with Gasteiger partial charge < -0.3 is 9.47 Å². The predicted octanol–water partition coefficient (Wildman–Crippen LogP) is 8.65. The fourth-order valence-electron chi connectivity index (χ4n) is 5.28. The summed E-state index contributed by atoms with van der Waals surface area (Å²) in [5.74, 6) is -0.714. The Kier molecular flexibility index (Phi) is 14.8. The molecule has 1 saturated carbocycles. The second kappa shape index (κ2) is 17.6. The number of esters is 2. The average Bonchev–Trinajstić information content (AvgIpc) is 2.83. The van der Waals surface area contributed by atoms with Gasteiger partial charge in [-0.25, -0.2) is 0 Å². The first-order valence-electron chi connectivity index (χ1n) is 14.5. The van der Waals surface area contributed by atoms with Crippen molar-refractivity contribution in [1.82, 2.24) is 0 Å². The van der Waals surface area contributed by atoms with Crippen molar-refractivity contribution in [2.45, 2.75) is 130 Å². The molecule has 0 bridgehead atoms. The Hall–Kier alpha value is -1.84. The molecule has 1 aliphatic carbocycles. The zero-order chi connectivity index (χ0) is 25.3. The number of aryl methyl sites for hydroxylation is 2. The van der Waals surface area contributed by atoms with Crippen LogP contribution in [0.2, 0.25) is 0 Å². The van der Waals surface area contributed by atoms with Gasteiger partial charge in [0, 0.05) is 0 Å². The highest BCUT2D eigenvalue weighted by molar-refractivity contribution is 5.83. The number of hydrogen-bond donors (Lipinski definition) is 0. The SMILES string of the molecule is CCCCCCCCCCCCCCCOC(=O)C1CCCCC1C(=O)Oc1cc(C)cc(C)c1. The van der Waals surface area contributed by atoms with E-state index in [9.17, 15) is 9.59 Å². The summed E-state index contributed by atoms with van der Waals surface area (Å²) in [5.41, 5.74) is 2.12. The summed E-state index contributed by atoms with van der Waals surface area (Å²) in [4.78, 5) is 25.6. The minimum absolute atomic E-state index is 0.217. The highest BCUT2D eigenvalue weighted by Crippen LogP contribution is 2.33. The van der Waals surface area contributed by atoms with Gasteiger partial charge in [-0.1, -0.05) is 103 Å². The average molecular weight is 487 g/mol. The van der Waals surface area contributed by atoms with Crippen LogP contribution < -0.4 is 4.74 Å². The van der Waals surface area contributed by atoms with Crippen LogP contribution in [0.1, 0.15) is 127 Å². The molecular formula is C31H50O4. The zero-order valence-electron chi connectivity index (χ0n) is 22.7. The van der Waals surface area contributed by atoms with E-state index in [2.05, 4.69) is 13.0 Å². The number of hydrogen-bond acceptors (Lipinski definition) is 4. The van der Waals surface area contributed by atoms with Crippen molar-refractivity contribution in [3.05, 3.63) is 29.3 Å². The first-order valence-corrected chi connectivity index (χ1v) is 14.5. The summed E-state index contributed by atoms with van der Waals surface area (Å²) in [7, 11) is 0. The quantitative estimate of drug-likeness (QED) is 0.126. The Morgan fingerprint density at radius 3 is 1.66 bits per heavy atom. The maximum absolute atomic E-state index is 12.9. The molecule has 1 aliphatic rings. The van der Waals surface area contributed by atoms with Crippen LogP contribution >= 0.6 is 0 Å². The number of rotatable bonds is 17. The minimum Gasteiger partial charge on any atom is -0.465 e. The Labute approximate surface area is 214 Å². The van der Waals surface area contributed by atoms with Gasteiger partial charge in [0.05, 0.1) is 18.4 Å². The van der Waals surface area contributed by atoms with Gasteiger partial charge in [0.15, 0.2) is 0 Å². The van der Waals surface area contributed by atoms with Crippen LogP contribution in [0, 0.1) is 25.7 Å². The van der Waals surface area contributed by atoms with Crippen molar-refractivity contribution in [3.8, 4) is 5.75 Å². The van der Waals surface area contributed by atoms with E-state index in [1.807, 2.05) is 26.0 Å². The first-order chi connectivity index (χ1) is 17.0. The Morgan fingerprint density at radius 2 is 1.14 bits per heavy atom. The van der Waals surface area contributed by atoms with Crippen molar-refractivity contribution in [3.63, 3.8) is 0 Å². The number of carbonyl (C=O) groups is 2. The zero-order valence-corrected chi connectivity index (χ0v) is 22.7. The van der Waals surface area contributed by atoms with Crippen LogP contribution in [0.4, 0.5) is 0 Å². The largest absolute Gasteiger partial charge is 0.465 e. The molecule has 198 valence electrons.